The molecule has 1 amide bonds. The molecule has 3 rings (SSSR count). The van der Waals surface area contributed by atoms with E-state index in [0.29, 0.717) is 11.4 Å². The first-order valence-corrected chi connectivity index (χ1v) is 8.25. The van der Waals surface area contributed by atoms with Gasteiger partial charge < -0.3 is 10.1 Å². The van der Waals surface area contributed by atoms with E-state index in [1.165, 1.54) is 11.1 Å². The predicted molar refractivity (Wildman–Crippen MR) is 92.0 cm³/mol. The van der Waals surface area contributed by atoms with Crippen molar-refractivity contribution in [1.82, 2.24) is 5.32 Å². The summed E-state index contributed by atoms with van der Waals surface area (Å²) in [5, 5.41) is 3.79. The van der Waals surface area contributed by atoms with Gasteiger partial charge in [-0.1, -0.05) is 35.9 Å². The molecular weight excluding hydrogens is 310 g/mol. The minimum Gasteiger partial charge on any atom is -0.497 e. The fraction of sp³-hybridized carbons (Fsp3) is 0.316. The summed E-state index contributed by atoms with van der Waals surface area (Å²) in [6.45, 7) is 0. The number of fused-ring (bicyclic) bond motifs is 1. The van der Waals surface area contributed by atoms with Crippen LogP contribution in [-0.2, 0) is 17.6 Å². The molecule has 0 saturated heterocycles. The quantitative estimate of drug-likeness (QED) is 0.917. The summed E-state index contributed by atoms with van der Waals surface area (Å²) in [6, 6.07) is 13.6. The molecule has 0 saturated carbocycles. The lowest BCUT2D eigenvalue weighted by atomic mass is 9.87. The van der Waals surface area contributed by atoms with E-state index in [0.717, 1.165) is 30.6 Å². The molecule has 120 valence electrons. The number of amides is 1. The number of methoxy groups -OCH3 is 1. The highest BCUT2D eigenvalue weighted by molar-refractivity contribution is 6.31. The van der Waals surface area contributed by atoms with Gasteiger partial charge >= 0.3 is 0 Å². The number of hydrogen-bond acceptors (Lipinski definition) is 2. The van der Waals surface area contributed by atoms with Gasteiger partial charge in [0.1, 0.15) is 5.75 Å². The molecule has 0 heterocycles. The first-order chi connectivity index (χ1) is 11.2. The molecule has 1 unspecified atom stereocenters. The van der Waals surface area contributed by atoms with Crippen molar-refractivity contribution in [3.8, 4) is 5.75 Å². The molecule has 1 atom stereocenters. The SMILES string of the molecule is COc1ccc2c(c1)CCCC2NC(=O)Cc1ccccc1Cl. The summed E-state index contributed by atoms with van der Waals surface area (Å²) in [4.78, 5) is 12.4. The lowest BCUT2D eigenvalue weighted by Crippen LogP contribution is -2.32. The van der Waals surface area contributed by atoms with Crippen LogP contribution >= 0.6 is 11.6 Å². The summed E-state index contributed by atoms with van der Waals surface area (Å²) in [7, 11) is 1.67. The summed E-state index contributed by atoms with van der Waals surface area (Å²) in [5.74, 6) is 0.874. The number of carbonyl (C=O) groups excluding carboxylic acids is 1. The molecule has 1 aliphatic rings. The number of rotatable bonds is 4. The van der Waals surface area contributed by atoms with Gasteiger partial charge in [0.2, 0.25) is 5.91 Å². The van der Waals surface area contributed by atoms with Crippen molar-refractivity contribution in [1.29, 1.82) is 0 Å². The molecule has 0 spiro atoms. The molecule has 2 aromatic carbocycles. The number of carbonyl (C=O) groups is 1. The first kappa shape index (κ1) is 15.9. The van der Waals surface area contributed by atoms with Gasteiger partial charge in [0.05, 0.1) is 19.6 Å². The molecule has 0 aliphatic heterocycles. The van der Waals surface area contributed by atoms with Crippen LogP contribution in [0, 0.1) is 0 Å². The van der Waals surface area contributed by atoms with Crippen molar-refractivity contribution in [2.45, 2.75) is 31.7 Å². The van der Waals surface area contributed by atoms with Crippen LogP contribution in [0.2, 0.25) is 5.02 Å². The average Bonchev–Trinajstić information content (AvgIpc) is 2.56. The molecule has 4 heteroatoms. The van der Waals surface area contributed by atoms with Gasteiger partial charge in [0, 0.05) is 5.02 Å². The molecule has 1 N–H and O–H groups in total. The van der Waals surface area contributed by atoms with Gasteiger partial charge in [0.25, 0.3) is 0 Å². The Hall–Kier alpha value is -2.00. The van der Waals surface area contributed by atoms with Crippen LogP contribution in [0.4, 0.5) is 0 Å². The van der Waals surface area contributed by atoms with E-state index in [4.69, 9.17) is 16.3 Å². The fourth-order valence-corrected chi connectivity index (χ4v) is 3.33. The van der Waals surface area contributed by atoms with Crippen LogP contribution in [0.25, 0.3) is 0 Å². The molecule has 0 fully saturated rings. The Morgan fingerprint density at radius 2 is 2.13 bits per heavy atom. The maximum absolute atomic E-state index is 12.4. The zero-order chi connectivity index (χ0) is 16.2. The number of ether oxygens (including phenoxy) is 1. The Kier molecular flexibility index (Phi) is 4.87. The molecule has 0 radical (unpaired) electrons. The minimum atomic E-state index is 0.00627. The molecule has 0 bridgehead atoms. The standard InChI is InChI=1S/C19H20ClNO2/c1-23-15-9-10-16-13(11-15)6-4-8-18(16)21-19(22)12-14-5-2-3-7-17(14)20/h2-3,5,7,9-11,18H,4,6,8,12H2,1H3,(H,21,22). The van der Waals surface area contributed by atoms with Crippen molar-refractivity contribution < 1.29 is 9.53 Å². The highest BCUT2D eigenvalue weighted by Gasteiger charge is 2.22. The largest absolute Gasteiger partial charge is 0.497 e. The third-order valence-electron chi connectivity index (χ3n) is 4.31. The van der Waals surface area contributed by atoms with Gasteiger partial charge in [-0.25, -0.2) is 0 Å². The maximum Gasteiger partial charge on any atom is 0.224 e. The van der Waals surface area contributed by atoms with Crippen LogP contribution in [-0.4, -0.2) is 13.0 Å². The van der Waals surface area contributed by atoms with Gasteiger partial charge in [-0.15, -0.1) is 0 Å². The van der Waals surface area contributed by atoms with Crippen molar-refractivity contribution in [3.05, 3.63) is 64.2 Å². The van der Waals surface area contributed by atoms with Crippen LogP contribution < -0.4 is 10.1 Å². The smallest absolute Gasteiger partial charge is 0.224 e. The molecule has 2 aromatic rings. The maximum atomic E-state index is 12.4. The Labute approximate surface area is 141 Å². The van der Waals surface area contributed by atoms with Crippen molar-refractivity contribution >= 4 is 17.5 Å². The normalized spacial score (nSPS) is 16.5. The van der Waals surface area contributed by atoms with Crippen molar-refractivity contribution in [3.63, 3.8) is 0 Å². The Morgan fingerprint density at radius 1 is 1.30 bits per heavy atom. The average molecular weight is 330 g/mol. The van der Waals surface area contributed by atoms with Gasteiger partial charge in [-0.3, -0.25) is 4.79 Å². The van der Waals surface area contributed by atoms with Crippen molar-refractivity contribution in [2.24, 2.45) is 0 Å². The van der Waals surface area contributed by atoms with E-state index in [-0.39, 0.29) is 11.9 Å². The lowest BCUT2D eigenvalue weighted by molar-refractivity contribution is -0.121. The van der Waals surface area contributed by atoms with Gasteiger partial charge in [0.15, 0.2) is 0 Å². The summed E-state index contributed by atoms with van der Waals surface area (Å²) >= 11 is 6.13. The van der Waals surface area contributed by atoms with E-state index in [9.17, 15) is 4.79 Å². The number of hydrogen-bond donors (Lipinski definition) is 1. The highest BCUT2D eigenvalue weighted by Crippen LogP contribution is 2.32. The zero-order valence-corrected chi connectivity index (χ0v) is 13.9. The summed E-state index contributed by atoms with van der Waals surface area (Å²) in [5.41, 5.74) is 3.32. The van der Waals surface area contributed by atoms with Crippen LogP contribution in [0.3, 0.4) is 0 Å². The van der Waals surface area contributed by atoms with Crippen LogP contribution in [0.5, 0.6) is 5.75 Å². The Balaban J connectivity index is 1.72. The molecular formula is C19H20ClNO2. The van der Waals surface area contributed by atoms with Crippen molar-refractivity contribution in [2.75, 3.05) is 7.11 Å². The van der Waals surface area contributed by atoms with Crippen LogP contribution in [0.15, 0.2) is 42.5 Å². The lowest BCUT2D eigenvalue weighted by Gasteiger charge is -2.27. The molecule has 0 aromatic heterocycles. The van der Waals surface area contributed by atoms with Gasteiger partial charge in [-0.2, -0.15) is 0 Å². The van der Waals surface area contributed by atoms with E-state index in [1.807, 2.05) is 30.3 Å². The van der Waals surface area contributed by atoms with Gasteiger partial charge in [-0.05, 0) is 54.2 Å². The molecule has 1 aliphatic carbocycles. The van der Waals surface area contributed by atoms with E-state index >= 15 is 0 Å². The summed E-state index contributed by atoms with van der Waals surface area (Å²) < 4.78 is 5.29. The predicted octanol–water partition coefficient (Wildman–Crippen LogP) is 4.08. The van der Waals surface area contributed by atoms with Crippen LogP contribution in [0.1, 0.15) is 35.6 Å². The van der Waals surface area contributed by atoms with E-state index in [1.54, 1.807) is 7.11 Å². The third kappa shape index (κ3) is 3.67. The monoisotopic (exact) mass is 329 g/mol. The summed E-state index contributed by atoms with van der Waals surface area (Å²) in [6.07, 6.45) is 3.37. The zero-order valence-electron chi connectivity index (χ0n) is 13.1. The molecule has 3 nitrogen and oxygen atoms in total. The third-order valence-corrected chi connectivity index (χ3v) is 4.68. The highest BCUT2D eigenvalue weighted by atomic mass is 35.5. The Bertz CT molecular complexity index is 714. The van der Waals surface area contributed by atoms with E-state index in [2.05, 4.69) is 17.4 Å². The first-order valence-electron chi connectivity index (χ1n) is 7.87. The number of aryl methyl sites for hydroxylation is 1. The topological polar surface area (TPSA) is 38.3 Å². The fourth-order valence-electron chi connectivity index (χ4n) is 3.13. The minimum absolute atomic E-state index is 0.00627. The second-order valence-corrected chi connectivity index (χ2v) is 6.25. The van der Waals surface area contributed by atoms with E-state index < -0.39 is 0 Å². The number of halogens is 1. The second-order valence-electron chi connectivity index (χ2n) is 5.85. The Morgan fingerprint density at radius 3 is 2.91 bits per heavy atom. The number of benzene rings is 2. The molecule has 23 heavy (non-hydrogen) atoms. The second kappa shape index (κ2) is 7.05. The number of nitrogens with one attached hydrogen (secondary N) is 1.